The number of nitrogens with zero attached hydrogens (tertiary/aromatic N) is 3. The number of hydrogen-bond acceptors (Lipinski definition) is 1. The normalized spacial score (nSPS) is 13.7. The quantitative estimate of drug-likeness (QED) is 0.634. The molecule has 0 aliphatic carbocycles. The van der Waals surface area contributed by atoms with Gasteiger partial charge in [0.05, 0.1) is 0 Å². The van der Waals surface area contributed by atoms with Gasteiger partial charge in [0.1, 0.15) is 12.1 Å². The first-order valence-corrected chi connectivity index (χ1v) is 10.6. The molecule has 1 aromatic heterocycles. The predicted molar refractivity (Wildman–Crippen MR) is 119 cm³/mol. The molecule has 1 heterocycles. The Balaban J connectivity index is 2.28. The van der Waals surface area contributed by atoms with Gasteiger partial charge >= 0.3 is 0 Å². The van der Waals surface area contributed by atoms with Crippen LogP contribution in [0.15, 0.2) is 65.7 Å². The highest BCUT2D eigenvalue weighted by atomic mass is 15.2. The van der Waals surface area contributed by atoms with Crippen molar-refractivity contribution in [2.75, 3.05) is 0 Å². The van der Waals surface area contributed by atoms with Gasteiger partial charge in [0.2, 0.25) is 5.62 Å². The molecule has 0 spiro atoms. The summed E-state index contributed by atoms with van der Waals surface area (Å²) in [5.74, 6) is 0. The molecule has 0 fully saturated rings. The van der Waals surface area contributed by atoms with E-state index in [9.17, 15) is 0 Å². The van der Waals surface area contributed by atoms with E-state index in [-0.39, 0.29) is 12.1 Å². The van der Waals surface area contributed by atoms with Crippen LogP contribution in [0.25, 0.3) is 0 Å². The van der Waals surface area contributed by atoms with Gasteiger partial charge in [0.25, 0.3) is 0 Å². The molecule has 3 N–H and O–H groups in total. The number of imidazole rings is 1. The summed E-state index contributed by atoms with van der Waals surface area (Å²) < 4.78 is 4.73. The van der Waals surface area contributed by atoms with E-state index in [4.69, 9.17) is 4.99 Å². The summed E-state index contributed by atoms with van der Waals surface area (Å²) in [5, 5.41) is 0. The molecule has 4 nitrogen and oxygen atoms in total. The van der Waals surface area contributed by atoms with Crippen LogP contribution in [0.1, 0.15) is 74.4 Å². The second-order valence-corrected chi connectivity index (χ2v) is 8.40. The summed E-state index contributed by atoms with van der Waals surface area (Å²) in [6.07, 6.45) is 0. The molecule has 0 saturated carbocycles. The molecule has 0 bridgehead atoms. The second kappa shape index (κ2) is 8.83. The lowest BCUT2D eigenvalue weighted by Gasteiger charge is -2.20. The molecule has 2 atom stereocenters. The van der Waals surface area contributed by atoms with E-state index in [1.165, 1.54) is 22.5 Å². The van der Waals surface area contributed by atoms with E-state index in [1.54, 1.807) is 0 Å². The zero-order chi connectivity index (χ0) is 21.1. The van der Waals surface area contributed by atoms with Crippen molar-refractivity contribution in [1.82, 2.24) is 9.13 Å². The minimum absolute atomic E-state index is 0.0235. The summed E-state index contributed by atoms with van der Waals surface area (Å²) in [5.41, 5.74) is 10.5. The van der Waals surface area contributed by atoms with Gasteiger partial charge in [-0.3, -0.25) is 0 Å². The highest BCUT2D eigenvalue weighted by Gasteiger charge is 2.26. The zero-order valence-corrected chi connectivity index (χ0v) is 18.6. The molecule has 4 heteroatoms. The lowest BCUT2D eigenvalue weighted by atomic mass is 9.95. The fourth-order valence-electron chi connectivity index (χ4n) is 4.18. The van der Waals surface area contributed by atoms with Crippen LogP contribution >= 0.6 is 0 Å². The first-order valence-electron chi connectivity index (χ1n) is 10.6. The fourth-order valence-corrected chi connectivity index (χ4v) is 4.18. The third kappa shape index (κ3) is 4.23. The number of benzene rings is 2. The molecule has 0 amide bonds. The monoisotopic (exact) mass is 391 g/mol. The van der Waals surface area contributed by atoms with Crippen molar-refractivity contribution in [3.63, 3.8) is 0 Å². The Hall–Kier alpha value is -2.59. The number of rotatable bonds is 6. The standard InChI is InChI=1S/C25H34N4/c1-17(2)28-19(5)20(6)29(18(3)4)25(28)27-24(22-15-11-8-12-16-22)23(26)21-13-9-7-10-14-21/h7-18,23-24H,26H2,1-6H3/p+1/t23-,24-/m0/s1. The maximum absolute atomic E-state index is 5.39. The molecule has 154 valence electrons. The fraction of sp³-hybridized carbons (Fsp3) is 0.400. The third-order valence-electron chi connectivity index (χ3n) is 5.71. The van der Waals surface area contributed by atoms with Crippen molar-refractivity contribution < 1.29 is 5.73 Å². The van der Waals surface area contributed by atoms with Crippen LogP contribution in [0.2, 0.25) is 0 Å². The summed E-state index contributed by atoms with van der Waals surface area (Å²) in [6.45, 7) is 13.3. The Morgan fingerprint density at radius 2 is 1.10 bits per heavy atom. The number of aromatic nitrogens is 2. The van der Waals surface area contributed by atoms with Crippen molar-refractivity contribution in [2.24, 2.45) is 4.99 Å². The Morgan fingerprint density at radius 1 is 0.690 bits per heavy atom. The molecule has 0 unspecified atom stereocenters. The van der Waals surface area contributed by atoms with Crippen LogP contribution in [0.5, 0.6) is 0 Å². The van der Waals surface area contributed by atoms with Crippen molar-refractivity contribution in [2.45, 2.75) is 65.7 Å². The molecular weight excluding hydrogens is 356 g/mol. The van der Waals surface area contributed by atoms with Gasteiger partial charge in [0, 0.05) is 29.0 Å². The van der Waals surface area contributed by atoms with Gasteiger partial charge in [-0.15, -0.1) is 0 Å². The Bertz CT molecular complexity index is 960. The van der Waals surface area contributed by atoms with Crippen molar-refractivity contribution in [3.05, 3.63) is 88.8 Å². The highest BCUT2D eigenvalue weighted by molar-refractivity contribution is 5.26. The van der Waals surface area contributed by atoms with E-state index >= 15 is 0 Å². The van der Waals surface area contributed by atoms with Crippen LogP contribution in [0, 0.1) is 13.8 Å². The molecule has 2 aromatic carbocycles. The highest BCUT2D eigenvalue weighted by Crippen LogP contribution is 2.29. The zero-order valence-electron chi connectivity index (χ0n) is 18.6. The summed E-state index contributed by atoms with van der Waals surface area (Å²) in [4.78, 5) is 5.39. The van der Waals surface area contributed by atoms with Crippen molar-refractivity contribution in [3.8, 4) is 0 Å². The van der Waals surface area contributed by atoms with Crippen LogP contribution in [0.4, 0.5) is 0 Å². The van der Waals surface area contributed by atoms with Crippen molar-refractivity contribution in [1.29, 1.82) is 0 Å². The molecule has 0 aliphatic heterocycles. The minimum atomic E-state index is -0.0604. The number of quaternary nitrogens is 1. The molecule has 3 aromatic rings. The van der Waals surface area contributed by atoms with Gasteiger partial charge < -0.3 is 14.9 Å². The molecule has 0 aliphatic rings. The summed E-state index contributed by atoms with van der Waals surface area (Å²) in [6, 6.07) is 21.7. The lowest BCUT2D eigenvalue weighted by Crippen LogP contribution is -2.56. The van der Waals surface area contributed by atoms with Gasteiger partial charge in [-0.2, -0.15) is 0 Å². The van der Waals surface area contributed by atoms with Gasteiger partial charge in [-0.05, 0) is 47.1 Å². The summed E-state index contributed by atoms with van der Waals surface area (Å²) in [7, 11) is 0. The van der Waals surface area contributed by atoms with E-state index in [0.717, 1.165) is 5.62 Å². The Labute approximate surface area is 174 Å². The molecule has 0 radical (unpaired) electrons. The van der Waals surface area contributed by atoms with Gasteiger partial charge in [0.15, 0.2) is 0 Å². The largest absolute Gasteiger partial charge is 0.349 e. The van der Waals surface area contributed by atoms with Crippen LogP contribution in [0.3, 0.4) is 0 Å². The average Bonchev–Trinajstić information content (AvgIpc) is 2.97. The van der Waals surface area contributed by atoms with Crippen molar-refractivity contribution >= 4 is 0 Å². The van der Waals surface area contributed by atoms with E-state index in [0.29, 0.717) is 12.1 Å². The van der Waals surface area contributed by atoms with Crippen LogP contribution in [-0.4, -0.2) is 9.13 Å². The average molecular weight is 392 g/mol. The van der Waals surface area contributed by atoms with Gasteiger partial charge in [-0.1, -0.05) is 60.7 Å². The third-order valence-corrected chi connectivity index (χ3v) is 5.71. The van der Waals surface area contributed by atoms with Gasteiger partial charge in [-0.25, -0.2) is 4.99 Å². The van der Waals surface area contributed by atoms with Crippen LogP contribution in [-0.2, 0) is 0 Å². The molecule has 0 saturated heterocycles. The first kappa shape index (κ1) is 21.1. The molecule has 3 rings (SSSR count). The topological polar surface area (TPSA) is 49.9 Å². The SMILES string of the molecule is Cc1c(C)n(C(C)C)c(=N[C@@H](c2ccccc2)[C@@H]([NH3+])c2ccccc2)n1C(C)C. The van der Waals surface area contributed by atoms with E-state index in [2.05, 4.69) is 111 Å². The first-order chi connectivity index (χ1) is 13.8. The predicted octanol–water partition coefficient (Wildman–Crippen LogP) is 4.69. The Morgan fingerprint density at radius 3 is 1.52 bits per heavy atom. The Kier molecular flexibility index (Phi) is 6.43. The lowest BCUT2D eigenvalue weighted by molar-refractivity contribution is -0.432. The summed E-state index contributed by atoms with van der Waals surface area (Å²) >= 11 is 0. The maximum atomic E-state index is 5.39. The number of hydrogen-bond donors (Lipinski definition) is 1. The maximum Gasteiger partial charge on any atom is 0.206 e. The second-order valence-electron chi connectivity index (χ2n) is 8.40. The van der Waals surface area contributed by atoms with E-state index < -0.39 is 0 Å². The van der Waals surface area contributed by atoms with E-state index in [1.807, 2.05) is 6.07 Å². The minimum Gasteiger partial charge on any atom is -0.349 e. The molecular formula is C25H35N4+. The smallest absolute Gasteiger partial charge is 0.206 e. The van der Waals surface area contributed by atoms with Crippen LogP contribution < -0.4 is 11.4 Å². The molecule has 29 heavy (non-hydrogen) atoms.